The van der Waals surface area contributed by atoms with Crippen molar-refractivity contribution in [1.29, 1.82) is 0 Å². The summed E-state index contributed by atoms with van der Waals surface area (Å²) in [4.78, 5) is 0. The zero-order chi connectivity index (χ0) is 12.5. The summed E-state index contributed by atoms with van der Waals surface area (Å²) in [5, 5.41) is 2.59. The normalized spacial score (nSPS) is 20.4. The largest absolute Gasteiger partial charge is 0.369 e. The van der Waals surface area contributed by atoms with Crippen LogP contribution in [-0.4, -0.2) is 6.61 Å². The van der Waals surface area contributed by atoms with Gasteiger partial charge in [0.25, 0.3) is 0 Å². The third-order valence-electron chi connectivity index (χ3n) is 3.87. The van der Waals surface area contributed by atoms with Gasteiger partial charge in [-0.2, -0.15) is 0 Å². The maximum absolute atomic E-state index is 5.94. The molecule has 0 aromatic heterocycles. The molecule has 92 valence electrons. The van der Waals surface area contributed by atoms with Gasteiger partial charge in [0.05, 0.1) is 12.7 Å². The lowest BCUT2D eigenvalue weighted by Crippen LogP contribution is -2.13. The first-order valence-corrected chi connectivity index (χ1v) is 6.49. The first kappa shape index (κ1) is 11.5. The lowest BCUT2D eigenvalue weighted by atomic mass is 9.95. The zero-order valence-corrected chi connectivity index (χ0v) is 10.9. The average molecular weight is 238 g/mol. The van der Waals surface area contributed by atoms with Gasteiger partial charge in [-0.15, -0.1) is 0 Å². The summed E-state index contributed by atoms with van der Waals surface area (Å²) in [5.74, 6) is 0. The molecule has 2 aromatic rings. The second-order valence-corrected chi connectivity index (χ2v) is 5.17. The molecule has 0 spiro atoms. The number of fused-ring (bicyclic) bond motifs is 1. The number of hydrogen-bond acceptors (Lipinski definition) is 1. The minimum Gasteiger partial charge on any atom is -0.369 e. The summed E-state index contributed by atoms with van der Waals surface area (Å²) in [7, 11) is 0. The fourth-order valence-corrected chi connectivity index (χ4v) is 2.48. The first-order valence-electron chi connectivity index (χ1n) is 6.49. The number of hydrogen-bond donors (Lipinski definition) is 0. The van der Waals surface area contributed by atoms with Gasteiger partial charge in [-0.25, -0.2) is 0 Å². The second-order valence-electron chi connectivity index (χ2n) is 5.17. The molecule has 18 heavy (non-hydrogen) atoms. The van der Waals surface area contributed by atoms with Gasteiger partial charge in [0, 0.05) is 0 Å². The first-order chi connectivity index (χ1) is 8.74. The molecular weight excluding hydrogens is 220 g/mol. The van der Waals surface area contributed by atoms with Crippen LogP contribution in [0.4, 0.5) is 0 Å². The predicted octanol–water partition coefficient (Wildman–Crippen LogP) is 4.64. The lowest BCUT2D eigenvalue weighted by molar-refractivity contribution is 0.0579. The smallest absolute Gasteiger partial charge is 0.0866 e. The Bertz CT molecular complexity index is 610. The summed E-state index contributed by atoms with van der Waals surface area (Å²) in [6.45, 7) is 5.14. The molecule has 0 N–H and O–H groups in total. The van der Waals surface area contributed by atoms with Crippen molar-refractivity contribution in [3.05, 3.63) is 59.2 Å². The van der Waals surface area contributed by atoms with Gasteiger partial charge < -0.3 is 4.74 Å². The van der Waals surface area contributed by atoms with Crippen LogP contribution in [-0.2, 0) is 4.74 Å². The van der Waals surface area contributed by atoms with Crippen LogP contribution in [0.3, 0.4) is 0 Å². The highest BCUT2D eigenvalue weighted by Crippen LogP contribution is 2.32. The fourth-order valence-electron chi connectivity index (χ4n) is 2.48. The Labute approximate surface area is 108 Å². The molecule has 1 aliphatic heterocycles. The predicted molar refractivity (Wildman–Crippen MR) is 75.6 cm³/mol. The average Bonchev–Trinajstić information content (AvgIpc) is 2.41. The summed E-state index contributed by atoms with van der Waals surface area (Å²) in [6.07, 6.45) is 1.24. The highest BCUT2D eigenvalue weighted by molar-refractivity contribution is 5.83. The molecule has 0 aliphatic carbocycles. The van der Waals surface area contributed by atoms with E-state index in [-0.39, 0.29) is 6.10 Å². The number of rotatable bonds is 1. The molecule has 3 rings (SSSR count). The van der Waals surface area contributed by atoms with E-state index in [2.05, 4.69) is 56.3 Å². The van der Waals surface area contributed by atoms with E-state index in [4.69, 9.17) is 4.74 Å². The minimum atomic E-state index is 0.221. The molecule has 0 unspecified atom stereocenters. The van der Waals surface area contributed by atoms with Gasteiger partial charge >= 0.3 is 0 Å². The van der Waals surface area contributed by atoms with E-state index in [1.54, 1.807) is 0 Å². The Morgan fingerprint density at radius 1 is 0.944 bits per heavy atom. The van der Waals surface area contributed by atoms with Gasteiger partial charge in [0.2, 0.25) is 0 Å². The van der Waals surface area contributed by atoms with Crippen LogP contribution < -0.4 is 0 Å². The van der Waals surface area contributed by atoms with Crippen molar-refractivity contribution in [2.24, 2.45) is 0 Å². The lowest BCUT2D eigenvalue weighted by Gasteiger charge is -2.25. The Morgan fingerprint density at radius 3 is 2.50 bits per heavy atom. The quantitative estimate of drug-likeness (QED) is 0.658. The molecule has 1 atom stereocenters. The molecule has 0 saturated carbocycles. The number of benzene rings is 2. The van der Waals surface area contributed by atoms with Crippen molar-refractivity contribution in [3.8, 4) is 0 Å². The van der Waals surface area contributed by atoms with E-state index in [1.807, 2.05) is 0 Å². The van der Waals surface area contributed by atoms with Crippen molar-refractivity contribution in [2.75, 3.05) is 6.61 Å². The molecule has 1 heteroatoms. The van der Waals surface area contributed by atoms with Crippen molar-refractivity contribution >= 4 is 10.8 Å². The van der Waals surface area contributed by atoms with Crippen LogP contribution in [0.25, 0.3) is 10.8 Å². The van der Waals surface area contributed by atoms with Crippen LogP contribution in [0.1, 0.15) is 31.9 Å². The van der Waals surface area contributed by atoms with E-state index in [1.165, 1.54) is 27.5 Å². The SMILES string of the molecule is CC1=C(C)C[C@@H](c2ccc3ccccc3c2)OC1. The van der Waals surface area contributed by atoms with Crippen molar-refractivity contribution in [1.82, 2.24) is 0 Å². The molecule has 0 radical (unpaired) electrons. The Balaban J connectivity index is 1.96. The van der Waals surface area contributed by atoms with Crippen molar-refractivity contribution < 1.29 is 4.74 Å². The van der Waals surface area contributed by atoms with Gasteiger partial charge in [-0.05, 0) is 48.2 Å². The summed E-state index contributed by atoms with van der Waals surface area (Å²) in [6, 6.07) is 15.1. The molecule has 1 nitrogen and oxygen atoms in total. The Hall–Kier alpha value is -1.60. The third kappa shape index (κ3) is 2.06. The van der Waals surface area contributed by atoms with Crippen LogP contribution in [0.2, 0.25) is 0 Å². The highest BCUT2D eigenvalue weighted by atomic mass is 16.5. The van der Waals surface area contributed by atoms with E-state index in [9.17, 15) is 0 Å². The summed E-state index contributed by atoms with van der Waals surface area (Å²) >= 11 is 0. The van der Waals surface area contributed by atoms with Crippen molar-refractivity contribution in [2.45, 2.75) is 26.4 Å². The van der Waals surface area contributed by atoms with E-state index in [0.29, 0.717) is 0 Å². The van der Waals surface area contributed by atoms with Gasteiger partial charge in [0.1, 0.15) is 0 Å². The van der Waals surface area contributed by atoms with Crippen molar-refractivity contribution in [3.63, 3.8) is 0 Å². The molecule has 0 fully saturated rings. The maximum atomic E-state index is 5.94. The van der Waals surface area contributed by atoms with E-state index >= 15 is 0 Å². The monoisotopic (exact) mass is 238 g/mol. The zero-order valence-electron chi connectivity index (χ0n) is 10.9. The summed E-state index contributed by atoms with van der Waals surface area (Å²) in [5.41, 5.74) is 4.15. The standard InChI is InChI=1S/C17H18O/c1-12-9-17(18-11-13(12)2)16-8-7-14-5-3-4-6-15(14)10-16/h3-8,10,17H,9,11H2,1-2H3/t17-/m0/s1. The van der Waals surface area contributed by atoms with E-state index < -0.39 is 0 Å². The minimum absolute atomic E-state index is 0.221. The highest BCUT2D eigenvalue weighted by Gasteiger charge is 2.18. The number of ether oxygens (including phenoxy) is 1. The topological polar surface area (TPSA) is 9.23 Å². The summed E-state index contributed by atoms with van der Waals surface area (Å²) < 4.78 is 5.94. The molecule has 0 bridgehead atoms. The molecule has 1 heterocycles. The van der Waals surface area contributed by atoms with Gasteiger partial charge in [0.15, 0.2) is 0 Å². The molecule has 2 aromatic carbocycles. The Kier molecular flexibility index (Phi) is 2.92. The Morgan fingerprint density at radius 2 is 1.72 bits per heavy atom. The van der Waals surface area contributed by atoms with Crippen LogP contribution in [0.15, 0.2) is 53.6 Å². The maximum Gasteiger partial charge on any atom is 0.0866 e. The van der Waals surface area contributed by atoms with Crippen LogP contribution in [0, 0.1) is 0 Å². The second kappa shape index (κ2) is 4.58. The molecule has 1 aliphatic rings. The molecule has 0 saturated heterocycles. The van der Waals surface area contributed by atoms with E-state index in [0.717, 1.165) is 13.0 Å². The van der Waals surface area contributed by atoms with Gasteiger partial charge in [-0.3, -0.25) is 0 Å². The van der Waals surface area contributed by atoms with Gasteiger partial charge in [-0.1, -0.05) is 42.0 Å². The van der Waals surface area contributed by atoms with Crippen LogP contribution >= 0.6 is 0 Å². The fraction of sp³-hybridized carbons (Fsp3) is 0.294. The molecular formula is C17H18O. The molecule has 0 amide bonds. The van der Waals surface area contributed by atoms with Crippen LogP contribution in [0.5, 0.6) is 0 Å². The third-order valence-corrected chi connectivity index (χ3v) is 3.87.